The number of anilines is 1. The molecule has 0 aliphatic carbocycles. The largest absolute Gasteiger partial charge is 0.398 e. The van der Waals surface area contributed by atoms with Gasteiger partial charge in [-0.15, -0.1) is 0 Å². The van der Waals surface area contributed by atoms with Gasteiger partial charge in [-0.05, 0) is 25.5 Å². The van der Waals surface area contributed by atoms with Crippen LogP contribution in [-0.2, 0) is 9.59 Å². The fourth-order valence-electron chi connectivity index (χ4n) is 2.30. The van der Waals surface area contributed by atoms with Gasteiger partial charge in [0.2, 0.25) is 11.8 Å². The van der Waals surface area contributed by atoms with E-state index in [0.29, 0.717) is 17.7 Å². The topological polar surface area (TPSA) is 92.5 Å². The Labute approximate surface area is 116 Å². The summed E-state index contributed by atoms with van der Waals surface area (Å²) in [5.41, 5.74) is 7.38. The lowest BCUT2D eigenvalue weighted by Crippen LogP contribution is -2.59. The Morgan fingerprint density at radius 1 is 1.45 bits per heavy atom. The molecule has 106 valence electrons. The summed E-state index contributed by atoms with van der Waals surface area (Å²) in [5, 5.41) is 2.24. The third kappa shape index (κ3) is 2.49. The average molecular weight is 275 g/mol. The Kier molecular flexibility index (Phi) is 3.74. The van der Waals surface area contributed by atoms with E-state index in [-0.39, 0.29) is 12.5 Å². The zero-order valence-corrected chi connectivity index (χ0v) is 11.5. The Hall–Kier alpha value is -2.37. The second-order valence-electron chi connectivity index (χ2n) is 4.86. The number of nitrogen functional groups attached to an aromatic ring is 1. The standard InChI is InChI=1S/C14H17N3O3/c1-3-11-13(19)16-12(18)7-17(11)14(20)9-6-8(2)4-5-10(9)15/h4-6,11H,3,7,15H2,1-2H3,(H,16,18,19). The lowest BCUT2D eigenvalue weighted by atomic mass is 10.0. The highest BCUT2D eigenvalue weighted by molar-refractivity contribution is 6.08. The molecule has 1 heterocycles. The average Bonchev–Trinajstić information content (AvgIpc) is 2.40. The third-order valence-corrected chi connectivity index (χ3v) is 3.34. The maximum atomic E-state index is 12.5. The Bertz CT molecular complexity index is 583. The fourth-order valence-corrected chi connectivity index (χ4v) is 2.30. The number of nitrogens with two attached hydrogens (primary N) is 1. The quantitative estimate of drug-likeness (QED) is 0.605. The van der Waals surface area contributed by atoms with Crippen molar-refractivity contribution < 1.29 is 14.4 Å². The predicted octanol–water partition coefficient (Wildman–Crippen LogP) is 0.454. The smallest absolute Gasteiger partial charge is 0.257 e. The normalized spacial score (nSPS) is 18.9. The molecule has 1 aromatic carbocycles. The van der Waals surface area contributed by atoms with E-state index in [1.54, 1.807) is 25.1 Å². The molecule has 6 heteroatoms. The minimum Gasteiger partial charge on any atom is -0.398 e. The molecule has 0 saturated carbocycles. The van der Waals surface area contributed by atoms with Gasteiger partial charge in [0.05, 0.1) is 5.56 Å². The van der Waals surface area contributed by atoms with Crippen LogP contribution in [0.1, 0.15) is 29.3 Å². The summed E-state index contributed by atoms with van der Waals surface area (Å²) in [7, 11) is 0. The van der Waals surface area contributed by atoms with Crippen molar-refractivity contribution in [2.24, 2.45) is 0 Å². The number of nitrogens with zero attached hydrogens (tertiary/aromatic N) is 1. The highest BCUT2D eigenvalue weighted by atomic mass is 16.2. The minimum atomic E-state index is -0.639. The maximum Gasteiger partial charge on any atom is 0.257 e. The summed E-state index contributed by atoms with van der Waals surface area (Å²) in [6.07, 6.45) is 0.441. The molecule has 3 N–H and O–H groups in total. The maximum absolute atomic E-state index is 12.5. The number of hydrogen-bond acceptors (Lipinski definition) is 4. The van der Waals surface area contributed by atoms with Crippen molar-refractivity contribution in [2.45, 2.75) is 26.3 Å². The van der Waals surface area contributed by atoms with Crippen molar-refractivity contribution in [2.75, 3.05) is 12.3 Å². The van der Waals surface area contributed by atoms with Crippen LogP contribution in [-0.4, -0.2) is 35.2 Å². The van der Waals surface area contributed by atoms with Crippen LogP contribution < -0.4 is 11.1 Å². The summed E-state index contributed by atoms with van der Waals surface area (Å²) in [4.78, 5) is 37.1. The first-order chi connectivity index (χ1) is 9.43. The van der Waals surface area contributed by atoms with Crippen LogP contribution in [0.25, 0.3) is 0 Å². The summed E-state index contributed by atoms with van der Waals surface area (Å²) in [6.45, 7) is 3.51. The van der Waals surface area contributed by atoms with Gasteiger partial charge in [0.15, 0.2) is 0 Å². The SMILES string of the molecule is CCC1C(=O)NC(=O)CN1C(=O)c1cc(C)ccc1N. The van der Waals surface area contributed by atoms with E-state index in [2.05, 4.69) is 5.32 Å². The predicted molar refractivity (Wildman–Crippen MR) is 73.9 cm³/mol. The number of imide groups is 1. The molecule has 0 aromatic heterocycles. The number of piperazine rings is 1. The first-order valence-electron chi connectivity index (χ1n) is 6.44. The van der Waals surface area contributed by atoms with Crippen molar-refractivity contribution in [3.05, 3.63) is 29.3 Å². The molecule has 3 amide bonds. The molecule has 1 atom stereocenters. The van der Waals surface area contributed by atoms with Crippen molar-refractivity contribution in [3.63, 3.8) is 0 Å². The number of carbonyl (C=O) groups excluding carboxylic acids is 3. The molecule has 0 radical (unpaired) electrons. The molecule has 1 aliphatic rings. The molecule has 1 fully saturated rings. The molecular weight excluding hydrogens is 258 g/mol. The summed E-state index contributed by atoms with van der Waals surface area (Å²) >= 11 is 0. The lowest BCUT2D eigenvalue weighted by molar-refractivity contribution is -0.138. The monoisotopic (exact) mass is 275 g/mol. The van der Waals surface area contributed by atoms with E-state index in [4.69, 9.17) is 5.73 Å². The van der Waals surface area contributed by atoms with Gasteiger partial charge in [0.25, 0.3) is 5.91 Å². The first-order valence-corrected chi connectivity index (χ1v) is 6.44. The van der Waals surface area contributed by atoms with E-state index >= 15 is 0 Å². The van der Waals surface area contributed by atoms with Gasteiger partial charge in [0, 0.05) is 5.69 Å². The summed E-state index contributed by atoms with van der Waals surface area (Å²) in [5.74, 6) is -1.30. The van der Waals surface area contributed by atoms with Crippen LogP contribution in [0, 0.1) is 6.92 Å². The minimum absolute atomic E-state index is 0.129. The van der Waals surface area contributed by atoms with Crippen molar-refractivity contribution >= 4 is 23.4 Å². The van der Waals surface area contributed by atoms with Gasteiger partial charge in [-0.25, -0.2) is 0 Å². The van der Waals surface area contributed by atoms with E-state index in [1.165, 1.54) is 4.90 Å². The summed E-state index contributed by atoms with van der Waals surface area (Å²) < 4.78 is 0. The molecule has 20 heavy (non-hydrogen) atoms. The molecule has 1 unspecified atom stereocenters. The van der Waals surface area contributed by atoms with Crippen molar-refractivity contribution in [3.8, 4) is 0 Å². The zero-order valence-electron chi connectivity index (χ0n) is 11.5. The Balaban J connectivity index is 2.37. The molecule has 1 aliphatic heterocycles. The molecule has 0 spiro atoms. The van der Waals surface area contributed by atoms with Crippen molar-refractivity contribution in [1.82, 2.24) is 10.2 Å². The van der Waals surface area contributed by atoms with Crippen LogP contribution in [0.5, 0.6) is 0 Å². The number of nitrogens with one attached hydrogen (secondary N) is 1. The first kappa shape index (κ1) is 14.0. The van der Waals surface area contributed by atoms with Gasteiger partial charge >= 0.3 is 0 Å². The van der Waals surface area contributed by atoms with Crippen LogP contribution in [0.2, 0.25) is 0 Å². The van der Waals surface area contributed by atoms with Gasteiger partial charge in [-0.3, -0.25) is 19.7 Å². The van der Waals surface area contributed by atoms with Gasteiger partial charge in [0.1, 0.15) is 12.6 Å². The van der Waals surface area contributed by atoms with E-state index in [0.717, 1.165) is 5.56 Å². The second kappa shape index (κ2) is 5.32. The van der Waals surface area contributed by atoms with E-state index in [1.807, 2.05) is 6.92 Å². The van der Waals surface area contributed by atoms with Gasteiger partial charge in [-0.2, -0.15) is 0 Å². The van der Waals surface area contributed by atoms with Crippen LogP contribution in [0.3, 0.4) is 0 Å². The Morgan fingerprint density at radius 3 is 2.80 bits per heavy atom. The third-order valence-electron chi connectivity index (χ3n) is 3.34. The van der Waals surface area contributed by atoms with Gasteiger partial charge in [-0.1, -0.05) is 18.6 Å². The van der Waals surface area contributed by atoms with E-state index in [9.17, 15) is 14.4 Å². The number of rotatable bonds is 2. The molecule has 6 nitrogen and oxygen atoms in total. The van der Waals surface area contributed by atoms with Crippen LogP contribution in [0.15, 0.2) is 18.2 Å². The van der Waals surface area contributed by atoms with Crippen molar-refractivity contribution in [1.29, 1.82) is 0 Å². The molecule has 2 rings (SSSR count). The number of benzene rings is 1. The molecule has 0 bridgehead atoms. The molecule has 1 aromatic rings. The lowest BCUT2D eigenvalue weighted by Gasteiger charge is -2.33. The molecule has 1 saturated heterocycles. The fraction of sp³-hybridized carbons (Fsp3) is 0.357. The highest BCUT2D eigenvalue weighted by Crippen LogP contribution is 2.19. The van der Waals surface area contributed by atoms with Gasteiger partial charge < -0.3 is 10.6 Å². The van der Waals surface area contributed by atoms with Crippen LogP contribution >= 0.6 is 0 Å². The number of hydrogen-bond donors (Lipinski definition) is 2. The zero-order chi connectivity index (χ0) is 14.9. The Morgan fingerprint density at radius 2 is 2.15 bits per heavy atom. The van der Waals surface area contributed by atoms with E-state index < -0.39 is 17.9 Å². The van der Waals surface area contributed by atoms with Crippen LogP contribution in [0.4, 0.5) is 5.69 Å². The number of amides is 3. The second-order valence-corrected chi connectivity index (χ2v) is 4.86. The highest BCUT2D eigenvalue weighted by Gasteiger charge is 2.36. The summed E-state index contributed by atoms with van der Waals surface area (Å²) in [6, 6.07) is 4.48. The number of carbonyl (C=O) groups is 3. The molecular formula is C14H17N3O3. The number of aryl methyl sites for hydroxylation is 1.